The van der Waals surface area contributed by atoms with Gasteiger partial charge in [-0.05, 0) is 17.9 Å². The SMILES string of the molecule is CNc1c(-c2ccc(C(C)(C)C)cc2)n[nH]c1C. The zero-order valence-corrected chi connectivity index (χ0v) is 11.8. The summed E-state index contributed by atoms with van der Waals surface area (Å²) >= 11 is 0. The summed E-state index contributed by atoms with van der Waals surface area (Å²) in [5.41, 5.74) is 5.77. The average molecular weight is 243 g/mol. The molecule has 2 rings (SSSR count). The molecule has 0 bridgehead atoms. The Kier molecular flexibility index (Phi) is 3.16. The molecule has 1 aromatic carbocycles. The molecule has 0 fully saturated rings. The van der Waals surface area contributed by atoms with Crippen LogP contribution in [0.25, 0.3) is 11.3 Å². The van der Waals surface area contributed by atoms with E-state index >= 15 is 0 Å². The van der Waals surface area contributed by atoms with Crippen LogP contribution in [-0.4, -0.2) is 17.2 Å². The molecule has 0 spiro atoms. The lowest BCUT2D eigenvalue weighted by atomic mass is 9.86. The van der Waals surface area contributed by atoms with Gasteiger partial charge in [0.1, 0.15) is 5.69 Å². The van der Waals surface area contributed by atoms with E-state index in [0.717, 1.165) is 22.6 Å². The first-order chi connectivity index (χ1) is 8.43. The van der Waals surface area contributed by atoms with Crippen LogP contribution in [0.3, 0.4) is 0 Å². The van der Waals surface area contributed by atoms with E-state index in [2.05, 4.69) is 60.6 Å². The number of aromatic amines is 1. The Hall–Kier alpha value is -1.77. The van der Waals surface area contributed by atoms with E-state index < -0.39 is 0 Å². The molecule has 0 aliphatic carbocycles. The predicted molar refractivity (Wildman–Crippen MR) is 77.0 cm³/mol. The van der Waals surface area contributed by atoms with Crippen molar-refractivity contribution in [2.75, 3.05) is 12.4 Å². The lowest BCUT2D eigenvalue weighted by Crippen LogP contribution is -2.10. The van der Waals surface area contributed by atoms with Crippen LogP contribution in [0.2, 0.25) is 0 Å². The van der Waals surface area contributed by atoms with Crippen LogP contribution in [0.5, 0.6) is 0 Å². The molecule has 18 heavy (non-hydrogen) atoms. The number of aromatic nitrogens is 2. The van der Waals surface area contributed by atoms with E-state index in [0.29, 0.717) is 0 Å². The maximum atomic E-state index is 4.36. The molecule has 0 saturated heterocycles. The molecule has 1 heterocycles. The zero-order valence-electron chi connectivity index (χ0n) is 11.8. The second-order valence-electron chi connectivity index (χ2n) is 5.65. The molecule has 2 N–H and O–H groups in total. The van der Waals surface area contributed by atoms with Gasteiger partial charge in [-0.3, -0.25) is 5.10 Å². The Balaban J connectivity index is 2.40. The van der Waals surface area contributed by atoms with E-state index in [9.17, 15) is 0 Å². The third kappa shape index (κ3) is 2.26. The van der Waals surface area contributed by atoms with Gasteiger partial charge >= 0.3 is 0 Å². The lowest BCUT2D eigenvalue weighted by Gasteiger charge is -2.19. The zero-order chi connectivity index (χ0) is 13.3. The minimum absolute atomic E-state index is 0.186. The highest BCUT2D eigenvalue weighted by Gasteiger charge is 2.15. The molecule has 1 aromatic heterocycles. The third-order valence-corrected chi connectivity index (χ3v) is 3.22. The highest BCUT2D eigenvalue weighted by Crippen LogP contribution is 2.30. The molecule has 0 radical (unpaired) electrons. The van der Waals surface area contributed by atoms with Crippen LogP contribution in [0.1, 0.15) is 32.0 Å². The van der Waals surface area contributed by atoms with E-state index in [-0.39, 0.29) is 5.41 Å². The standard InChI is InChI=1S/C15H21N3/c1-10-13(16-5)14(18-17-10)11-6-8-12(9-7-11)15(2,3)4/h6-9,16H,1-5H3,(H,17,18). The van der Waals surface area contributed by atoms with Crippen LogP contribution in [0.4, 0.5) is 5.69 Å². The van der Waals surface area contributed by atoms with Gasteiger partial charge < -0.3 is 5.32 Å². The van der Waals surface area contributed by atoms with Gasteiger partial charge in [0, 0.05) is 12.6 Å². The van der Waals surface area contributed by atoms with Crippen molar-refractivity contribution in [3.63, 3.8) is 0 Å². The molecular formula is C15H21N3. The maximum Gasteiger partial charge on any atom is 0.115 e. The smallest absolute Gasteiger partial charge is 0.115 e. The minimum atomic E-state index is 0.186. The molecule has 0 amide bonds. The molecule has 0 atom stereocenters. The first kappa shape index (κ1) is 12.7. The van der Waals surface area contributed by atoms with E-state index in [1.165, 1.54) is 5.56 Å². The average Bonchev–Trinajstić information content (AvgIpc) is 2.69. The molecule has 2 aromatic rings. The fraction of sp³-hybridized carbons (Fsp3) is 0.400. The summed E-state index contributed by atoms with van der Waals surface area (Å²) in [4.78, 5) is 0. The normalized spacial score (nSPS) is 11.6. The van der Waals surface area contributed by atoms with E-state index in [4.69, 9.17) is 0 Å². The quantitative estimate of drug-likeness (QED) is 0.844. The Labute approximate surface area is 109 Å². The van der Waals surface area contributed by atoms with Crippen LogP contribution < -0.4 is 5.32 Å². The van der Waals surface area contributed by atoms with Crippen LogP contribution in [0, 0.1) is 6.92 Å². The summed E-state index contributed by atoms with van der Waals surface area (Å²) in [6, 6.07) is 8.63. The molecule has 3 heteroatoms. The number of nitrogens with one attached hydrogen (secondary N) is 2. The van der Waals surface area contributed by atoms with E-state index in [1.54, 1.807) is 0 Å². The Morgan fingerprint density at radius 3 is 2.22 bits per heavy atom. The molecule has 96 valence electrons. The second kappa shape index (κ2) is 4.48. The van der Waals surface area contributed by atoms with Gasteiger partial charge in [-0.2, -0.15) is 5.10 Å². The number of nitrogens with zero attached hydrogens (tertiary/aromatic N) is 1. The maximum absolute atomic E-state index is 4.36. The summed E-state index contributed by atoms with van der Waals surface area (Å²) < 4.78 is 0. The first-order valence-electron chi connectivity index (χ1n) is 6.27. The van der Waals surface area contributed by atoms with Crippen molar-refractivity contribution in [1.29, 1.82) is 0 Å². The topological polar surface area (TPSA) is 40.7 Å². The van der Waals surface area contributed by atoms with Gasteiger partial charge in [0.2, 0.25) is 0 Å². The summed E-state index contributed by atoms with van der Waals surface area (Å²) in [5, 5.41) is 10.6. The van der Waals surface area contributed by atoms with Crippen molar-refractivity contribution in [3.05, 3.63) is 35.5 Å². The summed E-state index contributed by atoms with van der Waals surface area (Å²) in [6.45, 7) is 8.69. The molecule has 0 aliphatic rings. The molecule has 3 nitrogen and oxygen atoms in total. The minimum Gasteiger partial charge on any atom is -0.385 e. The van der Waals surface area contributed by atoms with Gasteiger partial charge in [0.25, 0.3) is 0 Å². The van der Waals surface area contributed by atoms with Gasteiger partial charge in [0.15, 0.2) is 0 Å². The second-order valence-corrected chi connectivity index (χ2v) is 5.65. The first-order valence-corrected chi connectivity index (χ1v) is 6.27. The van der Waals surface area contributed by atoms with Crippen LogP contribution >= 0.6 is 0 Å². The molecule has 0 saturated carbocycles. The highest BCUT2D eigenvalue weighted by molar-refractivity contribution is 5.75. The molecular weight excluding hydrogens is 222 g/mol. The van der Waals surface area contributed by atoms with Crippen molar-refractivity contribution in [3.8, 4) is 11.3 Å². The van der Waals surface area contributed by atoms with Crippen molar-refractivity contribution < 1.29 is 0 Å². The predicted octanol–water partition coefficient (Wildman–Crippen LogP) is 3.72. The third-order valence-electron chi connectivity index (χ3n) is 3.22. The highest BCUT2D eigenvalue weighted by atomic mass is 15.1. The van der Waals surface area contributed by atoms with Crippen molar-refractivity contribution in [2.45, 2.75) is 33.1 Å². The van der Waals surface area contributed by atoms with Gasteiger partial charge in [-0.25, -0.2) is 0 Å². The molecule has 0 aliphatic heterocycles. The van der Waals surface area contributed by atoms with Gasteiger partial charge in [0.05, 0.1) is 11.4 Å². The van der Waals surface area contributed by atoms with Crippen molar-refractivity contribution >= 4 is 5.69 Å². The van der Waals surface area contributed by atoms with Crippen LogP contribution in [0.15, 0.2) is 24.3 Å². The summed E-state index contributed by atoms with van der Waals surface area (Å²) in [6.07, 6.45) is 0. The Morgan fingerprint density at radius 1 is 1.11 bits per heavy atom. The number of aryl methyl sites for hydroxylation is 1. The number of anilines is 1. The number of rotatable bonds is 2. The Morgan fingerprint density at radius 2 is 1.72 bits per heavy atom. The monoisotopic (exact) mass is 243 g/mol. The fourth-order valence-electron chi connectivity index (χ4n) is 2.07. The van der Waals surface area contributed by atoms with Gasteiger partial charge in [-0.15, -0.1) is 0 Å². The summed E-state index contributed by atoms with van der Waals surface area (Å²) in [7, 11) is 1.92. The summed E-state index contributed by atoms with van der Waals surface area (Å²) in [5.74, 6) is 0. The number of benzene rings is 1. The Bertz CT molecular complexity index is 530. The van der Waals surface area contributed by atoms with Crippen molar-refractivity contribution in [2.24, 2.45) is 0 Å². The number of hydrogen-bond donors (Lipinski definition) is 2. The van der Waals surface area contributed by atoms with Gasteiger partial charge in [-0.1, -0.05) is 45.0 Å². The van der Waals surface area contributed by atoms with E-state index in [1.807, 2.05) is 14.0 Å². The lowest BCUT2D eigenvalue weighted by molar-refractivity contribution is 0.590. The fourth-order valence-corrected chi connectivity index (χ4v) is 2.07. The van der Waals surface area contributed by atoms with Crippen LogP contribution in [-0.2, 0) is 5.41 Å². The number of H-pyrrole nitrogens is 1. The molecule has 0 unspecified atom stereocenters. The largest absolute Gasteiger partial charge is 0.385 e. The number of hydrogen-bond acceptors (Lipinski definition) is 2. The van der Waals surface area contributed by atoms with Crippen molar-refractivity contribution in [1.82, 2.24) is 10.2 Å².